The van der Waals surface area contributed by atoms with Crippen molar-refractivity contribution in [2.24, 2.45) is 0 Å². The molecular formula is C28H30ClF3N4O. The van der Waals surface area contributed by atoms with Gasteiger partial charge in [-0.2, -0.15) is 13.2 Å². The fraction of sp³-hybridized carbons (Fsp3) is 0.357. The molecule has 2 N–H and O–H groups in total. The molecule has 3 aromatic rings. The SMILES string of the molecule is CN(C)c1ccc(C(Cc2ccccc2)(NC(=O)NC2CCCC2)c2ccc(Cl)cn2)cc1C(F)(F)F. The first-order valence-corrected chi connectivity index (χ1v) is 12.6. The van der Waals surface area contributed by atoms with Gasteiger partial charge in [0.1, 0.15) is 5.54 Å². The molecule has 0 saturated heterocycles. The number of nitrogens with zero attached hydrogens (tertiary/aromatic N) is 2. The summed E-state index contributed by atoms with van der Waals surface area (Å²) in [5.41, 5.74) is -0.687. The predicted molar refractivity (Wildman–Crippen MR) is 140 cm³/mol. The van der Waals surface area contributed by atoms with Gasteiger partial charge in [-0.1, -0.05) is 60.8 Å². The molecule has 1 aromatic heterocycles. The molecule has 0 radical (unpaired) electrons. The van der Waals surface area contributed by atoms with Gasteiger partial charge in [-0.05, 0) is 48.2 Å². The van der Waals surface area contributed by atoms with Crippen LogP contribution in [0.1, 0.15) is 48.1 Å². The molecule has 5 nitrogen and oxygen atoms in total. The van der Waals surface area contributed by atoms with Crippen LogP contribution in [0.4, 0.5) is 23.7 Å². The second-order valence-electron chi connectivity index (χ2n) is 9.63. The van der Waals surface area contributed by atoms with Gasteiger partial charge >= 0.3 is 12.2 Å². The van der Waals surface area contributed by atoms with Gasteiger partial charge in [0.25, 0.3) is 0 Å². The molecule has 1 unspecified atom stereocenters. The smallest absolute Gasteiger partial charge is 0.377 e. The van der Waals surface area contributed by atoms with Crippen LogP contribution in [-0.2, 0) is 18.1 Å². The van der Waals surface area contributed by atoms with Crippen LogP contribution in [0.3, 0.4) is 0 Å². The molecule has 2 amide bonds. The van der Waals surface area contributed by atoms with Gasteiger partial charge in [-0.25, -0.2) is 4.79 Å². The maximum atomic E-state index is 14.2. The van der Waals surface area contributed by atoms with E-state index in [0.29, 0.717) is 10.7 Å². The first-order chi connectivity index (χ1) is 17.6. The quantitative estimate of drug-likeness (QED) is 0.364. The van der Waals surface area contributed by atoms with Gasteiger partial charge in [0.15, 0.2) is 0 Å². The van der Waals surface area contributed by atoms with E-state index < -0.39 is 23.3 Å². The number of aromatic nitrogens is 1. The minimum atomic E-state index is -4.60. The average molecular weight is 531 g/mol. The second kappa shape index (κ2) is 11.0. The molecule has 37 heavy (non-hydrogen) atoms. The molecule has 0 aliphatic heterocycles. The summed E-state index contributed by atoms with van der Waals surface area (Å²) in [6, 6.07) is 16.3. The molecular weight excluding hydrogens is 501 g/mol. The summed E-state index contributed by atoms with van der Waals surface area (Å²) in [4.78, 5) is 19.3. The zero-order chi connectivity index (χ0) is 26.6. The maximum absolute atomic E-state index is 14.2. The molecule has 9 heteroatoms. The summed E-state index contributed by atoms with van der Waals surface area (Å²) in [7, 11) is 3.13. The van der Waals surface area contributed by atoms with Crippen LogP contribution in [0.2, 0.25) is 5.02 Å². The van der Waals surface area contributed by atoms with Gasteiger partial charge in [0.2, 0.25) is 0 Å². The number of hydrogen-bond acceptors (Lipinski definition) is 3. The molecule has 0 bridgehead atoms. The highest BCUT2D eigenvalue weighted by Gasteiger charge is 2.42. The zero-order valence-electron chi connectivity index (χ0n) is 20.8. The monoisotopic (exact) mass is 530 g/mol. The number of rotatable bonds is 7. The lowest BCUT2D eigenvalue weighted by atomic mass is 9.79. The molecule has 1 saturated carbocycles. The van der Waals surface area contributed by atoms with Crippen LogP contribution >= 0.6 is 11.6 Å². The Bertz CT molecular complexity index is 1210. The second-order valence-corrected chi connectivity index (χ2v) is 10.1. The number of nitrogens with one attached hydrogen (secondary N) is 2. The van der Waals surface area contributed by atoms with Crippen LogP contribution in [0.15, 0.2) is 66.9 Å². The van der Waals surface area contributed by atoms with E-state index in [-0.39, 0.29) is 23.7 Å². The minimum absolute atomic E-state index is 0.0226. The fourth-order valence-corrected chi connectivity index (χ4v) is 5.07. The van der Waals surface area contributed by atoms with E-state index in [4.69, 9.17) is 11.6 Å². The third-order valence-electron chi connectivity index (χ3n) is 6.77. The molecule has 1 heterocycles. The van der Waals surface area contributed by atoms with E-state index in [1.54, 1.807) is 32.3 Å². The van der Waals surface area contributed by atoms with E-state index in [0.717, 1.165) is 37.3 Å². The number of urea groups is 1. The Morgan fingerprint density at radius 3 is 2.35 bits per heavy atom. The number of carbonyl (C=O) groups excluding carboxylic acids is 1. The van der Waals surface area contributed by atoms with Crippen molar-refractivity contribution in [3.63, 3.8) is 0 Å². The van der Waals surface area contributed by atoms with Gasteiger partial charge in [-0.3, -0.25) is 4.98 Å². The molecule has 1 fully saturated rings. The van der Waals surface area contributed by atoms with E-state index in [1.165, 1.54) is 17.2 Å². The average Bonchev–Trinajstić information content (AvgIpc) is 3.36. The van der Waals surface area contributed by atoms with Gasteiger partial charge < -0.3 is 15.5 Å². The molecule has 1 aliphatic rings. The highest BCUT2D eigenvalue weighted by atomic mass is 35.5. The summed E-state index contributed by atoms with van der Waals surface area (Å²) in [5.74, 6) is 0. The van der Waals surface area contributed by atoms with E-state index >= 15 is 0 Å². The molecule has 1 aliphatic carbocycles. The fourth-order valence-electron chi connectivity index (χ4n) is 4.96. The van der Waals surface area contributed by atoms with E-state index in [9.17, 15) is 18.0 Å². The van der Waals surface area contributed by atoms with Crippen LogP contribution in [-0.4, -0.2) is 31.2 Å². The topological polar surface area (TPSA) is 57.3 Å². The number of amides is 2. The van der Waals surface area contributed by atoms with Crippen LogP contribution in [0.5, 0.6) is 0 Å². The number of halogens is 4. The lowest BCUT2D eigenvalue weighted by Crippen LogP contribution is -2.54. The molecule has 4 rings (SSSR count). The van der Waals surface area contributed by atoms with Crippen molar-refractivity contribution in [3.05, 3.63) is 94.3 Å². The predicted octanol–water partition coefficient (Wildman–Crippen LogP) is 6.55. The number of pyridine rings is 1. The highest BCUT2D eigenvalue weighted by molar-refractivity contribution is 6.30. The standard InChI is InChI=1S/C28H30ClF3N4O/c1-36(2)24-14-12-20(16-23(24)28(30,31)32)27(17-19-8-4-3-5-9-19,25-15-13-21(29)18-33-25)35-26(37)34-22-10-6-7-11-22/h3-5,8-9,12-16,18,22H,6-7,10-11,17H2,1-2H3,(H2,34,35,37). The van der Waals surface area contributed by atoms with Crippen molar-refractivity contribution in [2.75, 3.05) is 19.0 Å². The minimum Gasteiger partial charge on any atom is -0.377 e. The number of anilines is 1. The lowest BCUT2D eigenvalue weighted by Gasteiger charge is -2.36. The first kappa shape index (κ1) is 26.8. The number of hydrogen-bond donors (Lipinski definition) is 2. The van der Waals surface area contributed by atoms with Crippen molar-refractivity contribution in [2.45, 2.75) is 49.9 Å². The number of alkyl halides is 3. The van der Waals surface area contributed by atoms with Gasteiger partial charge in [-0.15, -0.1) is 0 Å². The van der Waals surface area contributed by atoms with Crippen molar-refractivity contribution < 1.29 is 18.0 Å². The number of benzene rings is 2. The van der Waals surface area contributed by atoms with E-state index in [1.807, 2.05) is 30.3 Å². The summed E-state index contributed by atoms with van der Waals surface area (Å²) in [5, 5.41) is 6.44. The van der Waals surface area contributed by atoms with Crippen molar-refractivity contribution in [1.29, 1.82) is 0 Å². The van der Waals surface area contributed by atoms with E-state index in [2.05, 4.69) is 15.6 Å². The summed E-state index contributed by atoms with van der Waals surface area (Å²) < 4.78 is 42.7. The highest BCUT2D eigenvalue weighted by Crippen LogP contribution is 2.41. The molecule has 0 spiro atoms. The Balaban J connectivity index is 1.91. The Morgan fingerprint density at radius 1 is 1.05 bits per heavy atom. The third kappa shape index (κ3) is 6.18. The van der Waals surface area contributed by atoms with Crippen molar-refractivity contribution in [1.82, 2.24) is 15.6 Å². The van der Waals surface area contributed by atoms with Gasteiger partial charge in [0.05, 0.1) is 16.3 Å². The zero-order valence-corrected chi connectivity index (χ0v) is 21.5. The molecule has 2 aromatic carbocycles. The summed E-state index contributed by atoms with van der Waals surface area (Å²) in [6.07, 6.45) is 0.806. The van der Waals surface area contributed by atoms with Crippen LogP contribution in [0, 0.1) is 0 Å². The normalized spacial score (nSPS) is 15.7. The third-order valence-corrected chi connectivity index (χ3v) is 6.99. The molecule has 1 atom stereocenters. The van der Waals surface area contributed by atoms with Crippen LogP contribution in [0.25, 0.3) is 0 Å². The van der Waals surface area contributed by atoms with Gasteiger partial charge in [0, 0.05) is 38.4 Å². The van der Waals surface area contributed by atoms with Crippen LogP contribution < -0.4 is 15.5 Å². The van der Waals surface area contributed by atoms with Crippen molar-refractivity contribution >= 4 is 23.3 Å². The Kier molecular flexibility index (Phi) is 7.97. The maximum Gasteiger partial charge on any atom is 0.418 e. The Labute approximate surface area is 220 Å². The summed E-state index contributed by atoms with van der Waals surface area (Å²) in [6.45, 7) is 0. The first-order valence-electron chi connectivity index (χ1n) is 12.2. The number of carbonyl (C=O) groups is 1. The molecule has 196 valence electrons. The Hall–Kier alpha value is -3.26. The lowest BCUT2D eigenvalue weighted by molar-refractivity contribution is -0.137. The van der Waals surface area contributed by atoms with Crippen molar-refractivity contribution in [3.8, 4) is 0 Å². The summed E-state index contributed by atoms with van der Waals surface area (Å²) >= 11 is 6.11. The largest absolute Gasteiger partial charge is 0.418 e. The Morgan fingerprint density at radius 2 is 1.76 bits per heavy atom.